The van der Waals surface area contributed by atoms with Crippen molar-refractivity contribution in [1.29, 1.82) is 0 Å². The van der Waals surface area contributed by atoms with Gasteiger partial charge >= 0.3 is 0 Å². The summed E-state index contributed by atoms with van der Waals surface area (Å²) in [6.07, 6.45) is 9.22. The second-order valence-corrected chi connectivity index (χ2v) is 3.31. The van der Waals surface area contributed by atoms with Crippen molar-refractivity contribution in [3.05, 3.63) is 73.4 Å². The van der Waals surface area contributed by atoms with E-state index in [4.69, 9.17) is 0 Å². The van der Waals surface area contributed by atoms with Crippen molar-refractivity contribution >= 4 is 0 Å². The van der Waals surface area contributed by atoms with Crippen molar-refractivity contribution in [2.45, 2.75) is 28.2 Å². The zero-order chi connectivity index (χ0) is 12.3. The predicted octanol–water partition coefficient (Wildman–Crippen LogP) is 5.64. The van der Waals surface area contributed by atoms with Gasteiger partial charge in [0.1, 0.15) is 0 Å². The van der Waals surface area contributed by atoms with Crippen LogP contribution in [0.15, 0.2) is 73.4 Å². The van der Waals surface area contributed by atoms with E-state index in [0.29, 0.717) is 0 Å². The molecule has 0 aromatic rings. The maximum Gasteiger partial charge on any atom is -0.0395 e. The van der Waals surface area contributed by atoms with E-state index in [0.717, 1.165) is 11.1 Å². The topological polar surface area (TPSA) is 0 Å². The molecule has 0 N–H and O–H groups in total. The van der Waals surface area contributed by atoms with Gasteiger partial charge < -0.3 is 0 Å². The summed E-state index contributed by atoms with van der Waals surface area (Å²) in [5.41, 5.74) is 3.35. The van der Waals surface area contributed by atoms with Crippen LogP contribution in [0.3, 0.4) is 0 Å². The minimum absolute atomic E-state index is 0. The highest BCUT2D eigenvalue weighted by Gasteiger charge is 1.82. The third-order valence-corrected chi connectivity index (χ3v) is 1.56. The van der Waals surface area contributed by atoms with Crippen molar-refractivity contribution in [3.63, 3.8) is 0 Å². The Hall–Kier alpha value is -1.56. The fraction of sp³-hybridized carbons (Fsp3) is 0.250. The lowest BCUT2D eigenvalue weighted by Crippen LogP contribution is -1.72. The molecule has 0 unspecified atom stereocenters. The van der Waals surface area contributed by atoms with E-state index >= 15 is 0 Å². The van der Waals surface area contributed by atoms with Crippen molar-refractivity contribution < 1.29 is 0 Å². The Morgan fingerprint density at radius 2 is 1.44 bits per heavy atom. The van der Waals surface area contributed by atoms with Crippen LogP contribution >= 0.6 is 0 Å². The van der Waals surface area contributed by atoms with E-state index in [2.05, 4.69) is 26.3 Å². The van der Waals surface area contributed by atoms with Gasteiger partial charge in [-0.1, -0.05) is 75.3 Å². The van der Waals surface area contributed by atoms with Gasteiger partial charge in [-0.3, -0.25) is 0 Å². The zero-order valence-electron chi connectivity index (χ0n) is 10.2. The molecule has 16 heavy (non-hydrogen) atoms. The Bertz CT molecular complexity index is 285. The summed E-state index contributed by atoms with van der Waals surface area (Å²) < 4.78 is 0. The monoisotopic (exact) mass is 218 g/mol. The zero-order valence-corrected chi connectivity index (χ0v) is 10.2. The van der Waals surface area contributed by atoms with Crippen LogP contribution < -0.4 is 0 Å². The highest BCUT2D eigenvalue weighted by molar-refractivity contribution is 5.26. The number of allylic oxidation sites excluding steroid dienone is 8. The van der Waals surface area contributed by atoms with E-state index in [9.17, 15) is 0 Å². The molecule has 0 aromatic heterocycles. The van der Waals surface area contributed by atoms with Gasteiger partial charge in [0.2, 0.25) is 0 Å². The predicted molar refractivity (Wildman–Crippen MR) is 79.7 cm³/mol. The van der Waals surface area contributed by atoms with Gasteiger partial charge in [-0.25, -0.2) is 0 Å². The first-order valence-electron chi connectivity index (χ1n) is 4.85. The second kappa shape index (κ2) is 13.4. The maximum absolute atomic E-state index is 3.76. The SMILES string of the molecule is C.C=C/C=C(/C)C(=C)C.C=C/C=C\C(=C)C. The van der Waals surface area contributed by atoms with Crippen LogP contribution in [0.1, 0.15) is 28.2 Å². The highest BCUT2D eigenvalue weighted by Crippen LogP contribution is 2.03. The largest absolute Gasteiger partial charge is 0.0991 e. The quantitative estimate of drug-likeness (QED) is 0.536. The summed E-state index contributed by atoms with van der Waals surface area (Å²) >= 11 is 0. The Balaban J connectivity index is -0.000000200. The third-order valence-electron chi connectivity index (χ3n) is 1.56. The molecule has 0 heteroatoms. The fourth-order valence-electron chi connectivity index (χ4n) is 0.551. The molecule has 0 rings (SSSR count). The van der Waals surface area contributed by atoms with E-state index in [1.807, 2.05) is 39.0 Å². The molecule has 0 aliphatic heterocycles. The van der Waals surface area contributed by atoms with Gasteiger partial charge in [-0.05, 0) is 26.3 Å². The molecule has 0 bridgehead atoms. The van der Waals surface area contributed by atoms with Gasteiger partial charge in [0.25, 0.3) is 0 Å². The minimum Gasteiger partial charge on any atom is -0.0991 e. The molecular formula is C16H26. The molecule has 90 valence electrons. The molecular weight excluding hydrogens is 192 g/mol. The molecule has 0 heterocycles. The molecule has 0 atom stereocenters. The van der Waals surface area contributed by atoms with Crippen LogP contribution in [0.4, 0.5) is 0 Å². The number of hydrogen-bond acceptors (Lipinski definition) is 0. The van der Waals surface area contributed by atoms with Gasteiger partial charge in [0.05, 0.1) is 0 Å². The van der Waals surface area contributed by atoms with E-state index in [1.54, 1.807) is 12.2 Å². The van der Waals surface area contributed by atoms with E-state index in [1.165, 1.54) is 5.57 Å². The Kier molecular flexibility index (Phi) is 16.7. The summed E-state index contributed by atoms with van der Waals surface area (Å²) in [5.74, 6) is 0. The van der Waals surface area contributed by atoms with E-state index in [-0.39, 0.29) is 7.43 Å². The lowest BCUT2D eigenvalue weighted by atomic mass is 10.1. The maximum atomic E-state index is 3.76. The molecule has 0 aliphatic carbocycles. The smallest absolute Gasteiger partial charge is 0.0395 e. The van der Waals surface area contributed by atoms with Gasteiger partial charge in [0, 0.05) is 0 Å². The lowest BCUT2D eigenvalue weighted by Gasteiger charge is -1.92. The average Bonchev–Trinajstić information content (AvgIpc) is 2.16. The normalized spacial score (nSPS) is 9.56. The van der Waals surface area contributed by atoms with E-state index < -0.39 is 0 Å². The molecule has 0 saturated carbocycles. The van der Waals surface area contributed by atoms with Crippen LogP contribution in [-0.2, 0) is 0 Å². The van der Waals surface area contributed by atoms with Crippen LogP contribution in [0, 0.1) is 0 Å². The Labute approximate surface area is 102 Å². The Morgan fingerprint density at radius 3 is 1.56 bits per heavy atom. The van der Waals surface area contributed by atoms with Crippen molar-refractivity contribution in [2.24, 2.45) is 0 Å². The lowest BCUT2D eigenvalue weighted by molar-refractivity contribution is 1.37. The summed E-state index contributed by atoms with van der Waals surface area (Å²) in [6.45, 7) is 20.4. The molecule has 0 saturated heterocycles. The first-order chi connectivity index (χ1) is 6.95. The van der Waals surface area contributed by atoms with Gasteiger partial charge in [-0.2, -0.15) is 0 Å². The number of hydrogen-bond donors (Lipinski definition) is 0. The average molecular weight is 218 g/mol. The van der Waals surface area contributed by atoms with Crippen molar-refractivity contribution in [3.8, 4) is 0 Å². The highest BCUT2D eigenvalue weighted by atomic mass is 13.9. The first-order valence-corrected chi connectivity index (χ1v) is 4.85. The van der Waals surface area contributed by atoms with Crippen molar-refractivity contribution in [2.75, 3.05) is 0 Å². The summed E-state index contributed by atoms with van der Waals surface area (Å²) in [7, 11) is 0. The summed E-state index contributed by atoms with van der Waals surface area (Å²) in [4.78, 5) is 0. The van der Waals surface area contributed by atoms with Crippen LogP contribution in [0.5, 0.6) is 0 Å². The third kappa shape index (κ3) is 18.3. The molecule has 0 amide bonds. The Morgan fingerprint density at radius 1 is 0.938 bits per heavy atom. The second-order valence-electron chi connectivity index (χ2n) is 3.31. The standard InChI is InChI=1S/C8H12.C7H10.CH4/c1-5-6-8(4)7(2)3;1-4-5-6-7(2)3;/h5-6H,1-2H2,3-4H3;4-6H,1-2H2,3H3;1H4/b8-6-;6-5-;. The summed E-state index contributed by atoms with van der Waals surface area (Å²) in [5, 5.41) is 0. The van der Waals surface area contributed by atoms with Gasteiger partial charge in [-0.15, -0.1) is 0 Å². The fourth-order valence-corrected chi connectivity index (χ4v) is 0.551. The van der Waals surface area contributed by atoms with Crippen molar-refractivity contribution in [1.82, 2.24) is 0 Å². The van der Waals surface area contributed by atoms with Crippen LogP contribution in [0.25, 0.3) is 0 Å². The number of rotatable bonds is 4. The van der Waals surface area contributed by atoms with Gasteiger partial charge in [0.15, 0.2) is 0 Å². The van der Waals surface area contributed by atoms with Crippen LogP contribution in [0.2, 0.25) is 0 Å². The van der Waals surface area contributed by atoms with Crippen LogP contribution in [-0.4, -0.2) is 0 Å². The molecule has 0 spiro atoms. The molecule has 0 nitrogen and oxygen atoms in total. The molecule has 0 radical (unpaired) electrons. The molecule has 0 aromatic carbocycles. The molecule has 0 fully saturated rings. The summed E-state index contributed by atoms with van der Waals surface area (Å²) in [6, 6.07) is 0. The molecule has 0 aliphatic rings. The minimum atomic E-state index is 0. The first kappa shape index (κ1) is 19.9.